The van der Waals surface area contributed by atoms with E-state index >= 15 is 0 Å². The summed E-state index contributed by atoms with van der Waals surface area (Å²) in [7, 11) is 0. The summed E-state index contributed by atoms with van der Waals surface area (Å²) in [6.45, 7) is 6.49. The molecule has 2 N–H and O–H groups in total. The van der Waals surface area contributed by atoms with Crippen LogP contribution in [0.25, 0.3) is 20.5 Å². The van der Waals surface area contributed by atoms with Crippen LogP contribution in [0.4, 0.5) is 0 Å². The first-order valence-corrected chi connectivity index (χ1v) is 21.5. The van der Waals surface area contributed by atoms with Crippen LogP contribution < -0.4 is 19.5 Å². The molecule has 6 aromatic rings. The van der Waals surface area contributed by atoms with Crippen molar-refractivity contribution in [1.29, 1.82) is 0 Å². The van der Waals surface area contributed by atoms with Gasteiger partial charge in [-0.05, 0) is 84.8 Å². The molecule has 0 unspecified atom stereocenters. The average Bonchev–Trinajstić information content (AvgIpc) is 3.78. The third kappa shape index (κ3) is 8.73. The third-order valence-electron chi connectivity index (χ3n) is 11.1. The van der Waals surface area contributed by atoms with Crippen molar-refractivity contribution in [2.75, 3.05) is 39.3 Å². The fraction of sp³-hybridized carbons (Fsp3) is 0.261. The second kappa shape index (κ2) is 17.4. The predicted molar refractivity (Wildman–Crippen MR) is 231 cm³/mol. The van der Waals surface area contributed by atoms with Gasteiger partial charge in [-0.1, -0.05) is 40.2 Å². The molecule has 0 radical (unpaired) electrons. The number of pyridine rings is 1. The number of nitrogens with zero attached hydrogens (tertiary/aromatic N) is 4. The maximum Gasteiger partial charge on any atom is 0.255 e. The molecule has 14 heteroatoms. The highest BCUT2D eigenvalue weighted by molar-refractivity contribution is 9.10. The number of thiophene rings is 1. The number of nitrogens with one attached hydrogen (secondary N) is 1. The summed E-state index contributed by atoms with van der Waals surface area (Å²) in [5.41, 5.74) is 4.22. The van der Waals surface area contributed by atoms with Gasteiger partial charge in [-0.25, -0.2) is 0 Å². The Morgan fingerprint density at radius 3 is 2.42 bits per heavy atom. The Balaban J connectivity index is 0.716. The molecule has 9 rings (SSSR count). The lowest BCUT2D eigenvalue weighted by atomic mass is 10.0. The molecule has 5 heterocycles. The minimum atomic E-state index is -0.669. The molecule has 3 aliphatic rings. The van der Waals surface area contributed by atoms with Crippen LogP contribution >= 0.6 is 27.3 Å². The van der Waals surface area contributed by atoms with Gasteiger partial charge in [0.25, 0.3) is 5.91 Å². The molecular formula is C46H42BrN5O7S. The monoisotopic (exact) mass is 887 g/mol. The molecule has 2 saturated heterocycles. The van der Waals surface area contributed by atoms with Crippen molar-refractivity contribution >= 4 is 55.1 Å². The summed E-state index contributed by atoms with van der Waals surface area (Å²) in [6, 6.07) is 30.0. The van der Waals surface area contributed by atoms with Gasteiger partial charge in [-0.3, -0.25) is 34.5 Å². The summed E-state index contributed by atoms with van der Waals surface area (Å²) in [5.74, 6) is 2.12. The van der Waals surface area contributed by atoms with E-state index in [1.54, 1.807) is 35.6 Å². The van der Waals surface area contributed by atoms with Gasteiger partial charge in [0.1, 0.15) is 42.3 Å². The molecule has 60 heavy (non-hydrogen) atoms. The number of imide groups is 1. The number of fused-ring (bicyclic) bond motifs is 2. The Labute approximate surface area is 359 Å². The molecule has 12 nitrogen and oxygen atoms in total. The smallest absolute Gasteiger partial charge is 0.255 e. The van der Waals surface area contributed by atoms with Crippen LogP contribution in [0, 0.1) is 0 Å². The Hall–Kier alpha value is -5.80. The van der Waals surface area contributed by atoms with E-state index in [1.807, 2.05) is 66.9 Å². The molecule has 0 spiro atoms. The molecular weight excluding hydrogens is 847 g/mol. The molecule has 0 aliphatic carbocycles. The number of aromatic hydroxyl groups is 1. The van der Waals surface area contributed by atoms with Gasteiger partial charge in [0.15, 0.2) is 5.75 Å². The van der Waals surface area contributed by atoms with E-state index in [1.165, 1.54) is 4.90 Å². The highest BCUT2D eigenvalue weighted by Crippen LogP contribution is 2.47. The molecule has 0 bridgehead atoms. The highest BCUT2D eigenvalue weighted by atomic mass is 79.9. The van der Waals surface area contributed by atoms with Crippen molar-refractivity contribution in [3.8, 4) is 39.2 Å². The number of piperidine rings is 1. The zero-order chi connectivity index (χ0) is 41.2. The van der Waals surface area contributed by atoms with Crippen LogP contribution in [0.2, 0.25) is 0 Å². The number of hydrogen-bond donors (Lipinski definition) is 2. The molecule has 0 saturated carbocycles. The number of aromatic nitrogens is 1. The summed E-state index contributed by atoms with van der Waals surface area (Å²) < 4.78 is 20.7. The summed E-state index contributed by atoms with van der Waals surface area (Å²) in [4.78, 5) is 49.3. The van der Waals surface area contributed by atoms with Crippen LogP contribution in [0.5, 0.6) is 28.7 Å². The number of phenolic OH excluding ortho intramolecular Hbond substituents is 1. The van der Waals surface area contributed by atoms with Crippen LogP contribution in [0.15, 0.2) is 108 Å². The van der Waals surface area contributed by atoms with Gasteiger partial charge in [0, 0.05) is 83.1 Å². The number of carbonyl (C=O) groups excluding carboxylic acids is 3. The minimum Gasteiger partial charge on any atom is -0.508 e. The SMILES string of the molecule is O=C1CC[C@@H](N2Cc3c(OCc4ccc(CN5CCN(CCOc6ccc(Oc7c(-c8ccc(Br)cc8)sc8cc(O)ccc78)cc6)CC5)nc4)cccc3C2=O)C(=O)N1. The van der Waals surface area contributed by atoms with Crippen molar-refractivity contribution in [1.82, 2.24) is 25.0 Å². The Morgan fingerprint density at radius 2 is 1.65 bits per heavy atom. The number of rotatable bonds is 13. The van der Waals surface area contributed by atoms with Gasteiger partial charge >= 0.3 is 0 Å². The zero-order valence-electron chi connectivity index (χ0n) is 32.6. The number of ether oxygens (including phenoxy) is 3. The van der Waals surface area contributed by atoms with Gasteiger partial charge < -0.3 is 24.2 Å². The van der Waals surface area contributed by atoms with Crippen LogP contribution in [0.3, 0.4) is 0 Å². The summed E-state index contributed by atoms with van der Waals surface area (Å²) in [6.07, 6.45) is 2.37. The number of carbonyl (C=O) groups is 3. The summed E-state index contributed by atoms with van der Waals surface area (Å²) in [5, 5.41) is 13.4. The molecule has 3 amide bonds. The number of amides is 3. The molecule has 2 aromatic heterocycles. The highest BCUT2D eigenvalue weighted by Gasteiger charge is 2.40. The number of phenols is 1. The molecule has 4 aromatic carbocycles. The van der Waals surface area contributed by atoms with Crippen LogP contribution in [-0.4, -0.2) is 87.9 Å². The number of piperazine rings is 1. The van der Waals surface area contributed by atoms with Crippen molar-refractivity contribution < 1.29 is 33.7 Å². The fourth-order valence-electron chi connectivity index (χ4n) is 7.86. The first kappa shape index (κ1) is 39.6. The molecule has 3 aliphatic heterocycles. The fourth-order valence-corrected chi connectivity index (χ4v) is 9.29. The lowest BCUT2D eigenvalue weighted by Gasteiger charge is -2.34. The Kier molecular flexibility index (Phi) is 11.5. The van der Waals surface area contributed by atoms with E-state index in [0.717, 1.165) is 92.6 Å². The van der Waals surface area contributed by atoms with Crippen molar-refractivity contribution in [3.05, 3.63) is 130 Å². The van der Waals surface area contributed by atoms with Gasteiger partial charge in [-0.15, -0.1) is 11.3 Å². The van der Waals surface area contributed by atoms with Crippen molar-refractivity contribution in [2.45, 2.75) is 38.6 Å². The van der Waals surface area contributed by atoms with E-state index < -0.39 is 11.9 Å². The molecule has 1 atom stereocenters. The van der Waals surface area contributed by atoms with Gasteiger partial charge in [0.05, 0.1) is 17.1 Å². The quantitative estimate of drug-likeness (QED) is 0.111. The predicted octanol–water partition coefficient (Wildman–Crippen LogP) is 7.76. The lowest BCUT2D eigenvalue weighted by molar-refractivity contribution is -0.136. The zero-order valence-corrected chi connectivity index (χ0v) is 35.0. The second-order valence-electron chi connectivity index (χ2n) is 15.1. The maximum absolute atomic E-state index is 13.2. The lowest BCUT2D eigenvalue weighted by Crippen LogP contribution is -2.52. The number of halogens is 1. The van der Waals surface area contributed by atoms with E-state index in [9.17, 15) is 19.5 Å². The van der Waals surface area contributed by atoms with Gasteiger partial charge in [0.2, 0.25) is 11.8 Å². The third-order valence-corrected chi connectivity index (χ3v) is 12.8. The minimum absolute atomic E-state index is 0.212. The van der Waals surface area contributed by atoms with Crippen molar-refractivity contribution in [2.24, 2.45) is 0 Å². The van der Waals surface area contributed by atoms with E-state index in [0.29, 0.717) is 36.7 Å². The molecule has 2 fully saturated rings. The first-order chi connectivity index (χ1) is 29.2. The van der Waals surface area contributed by atoms with Gasteiger partial charge in [-0.2, -0.15) is 0 Å². The average molecular weight is 889 g/mol. The largest absolute Gasteiger partial charge is 0.508 e. The van der Waals surface area contributed by atoms with E-state index in [4.69, 9.17) is 19.2 Å². The standard InChI is InChI=1S/C46H42BrN5O7S/c47-31-7-5-30(6-8-31)44-43(37-15-10-33(53)24-41(37)60-44)59-35-13-11-34(12-14-35)57-23-22-50-18-20-51(21-19-50)26-32-9-4-29(25-48-32)28-58-40-3-1-2-36-38(40)27-52(46(36)56)39-16-17-42(54)49-45(39)55/h1-15,24-25,39,53H,16-23,26-28H2,(H,49,54,55)/t39-/m1/s1. The van der Waals surface area contributed by atoms with E-state index in [-0.39, 0.29) is 30.5 Å². The van der Waals surface area contributed by atoms with Crippen molar-refractivity contribution in [3.63, 3.8) is 0 Å². The molecule has 306 valence electrons. The maximum atomic E-state index is 13.2. The normalized spacial score (nSPS) is 17.2. The summed E-state index contributed by atoms with van der Waals surface area (Å²) >= 11 is 5.11. The first-order valence-electron chi connectivity index (χ1n) is 19.9. The Morgan fingerprint density at radius 1 is 0.867 bits per heavy atom. The van der Waals surface area contributed by atoms with Crippen LogP contribution in [-0.2, 0) is 29.3 Å². The Bertz CT molecular complexity index is 2540. The number of hydrogen-bond acceptors (Lipinski definition) is 11. The second-order valence-corrected chi connectivity index (χ2v) is 17.1. The topological polar surface area (TPSA) is 134 Å². The number of benzene rings is 4. The van der Waals surface area contributed by atoms with E-state index in [2.05, 4.69) is 43.2 Å². The van der Waals surface area contributed by atoms with Crippen LogP contribution in [0.1, 0.15) is 40.0 Å².